The highest BCUT2D eigenvalue weighted by Crippen LogP contribution is 2.06. The van der Waals surface area contributed by atoms with Gasteiger partial charge in [-0.3, -0.25) is 9.59 Å². The van der Waals surface area contributed by atoms with Crippen molar-refractivity contribution in [3.63, 3.8) is 0 Å². The predicted molar refractivity (Wildman–Crippen MR) is 82.9 cm³/mol. The summed E-state index contributed by atoms with van der Waals surface area (Å²) >= 11 is 0. The van der Waals surface area contributed by atoms with Crippen LogP contribution in [0.25, 0.3) is 0 Å². The van der Waals surface area contributed by atoms with Crippen LogP contribution in [-0.2, 0) is 9.53 Å². The zero-order valence-electron chi connectivity index (χ0n) is 13.6. The molecule has 128 valence electrons. The summed E-state index contributed by atoms with van der Waals surface area (Å²) in [5, 5.41) is 7.65. The van der Waals surface area contributed by atoms with Crippen molar-refractivity contribution >= 4 is 17.9 Å². The van der Waals surface area contributed by atoms with Gasteiger partial charge in [0.25, 0.3) is 5.91 Å². The average molecular weight is 325 g/mol. The van der Waals surface area contributed by atoms with E-state index < -0.39 is 11.7 Å². The Morgan fingerprint density at radius 2 is 1.83 bits per heavy atom. The zero-order valence-corrected chi connectivity index (χ0v) is 13.6. The maximum Gasteiger partial charge on any atom is 0.408 e. The van der Waals surface area contributed by atoms with E-state index in [1.165, 1.54) is 6.26 Å². The molecule has 0 aliphatic rings. The molecule has 3 N–H and O–H groups in total. The van der Waals surface area contributed by atoms with Gasteiger partial charge in [-0.15, -0.1) is 0 Å². The molecule has 0 atom stereocenters. The van der Waals surface area contributed by atoms with Crippen LogP contribution in [0.1, 0.15) is 37.7 Å². The van der Waals surface area contributed by atoms with E-state index in [0.29, 0.717) is 19.5 Å². The minimum absolute atomic E-state index is 0.159. The summed E-state index contributed by atoms with van der Waals surface area (Å²) in [6.07, 6.45) is 1.34. The average Bonchev–Trinajstić information content (AvgIpc) is 2.97. The molecule has 3 amide bonds. The second kappa shape index (κ2) is 8.82. The van der Waals surface area contributed by atoms with Crippen molar-refractivity contribution in [3.05, 3.63) is 24.2 Å². The fourth-order valence-corrected chi connectivity index (χ4v) is 1.54. The number of nitrogens with one attached hydrogen (secondary N) is 3. The van der Waals surface area contributed by atoms with Crippen LogP contribution in [-0.4, -0.2) is 43.1 Å². The molecule has 1 rings (SSSR count). The third kappa shape index (κ3) is 8.50. The van der Waals surface area contributed by atoms with Crippen LogP contribution in [0.15, 0.2) is 22.8 Å². The largest absolute Gasteiger partial charge is 0.459 e. The van der Waals surface area contributed by atoms with Crippen LogP contribution < -0.4 is 16.0 Å². The van der Waals surface area contributed by atoms with Gasteiger partial charge in [-0.1, -0.05) is 0 Å². The van der Waals surface area contributed by atoms with Gasteiger partial charge in [-0.2, -0.15) is 0 Å². The van der Waals surface area contributed by atoms with E-state index in [1.807, 2.05) is 0 Å². The molecule has 1 aromatic heterocycles. The summed E-state index contributed by atoms with van der Waals surface area (Å²) in [6.45, 7) is 5.84. The van der Waals surface area contributed by atoms with Gasteiger partial charge in [0, 0.05) is 13.1 Å². The van der Waals surface area contributed by atoms with Crippen molar-refractivity contribution in [2.75, 3.05) is 19.6 Å². The van der Waals surface area contributed by atoms with Gasteiger partial charge in [-0.05, 0) is 39.3 Å². The Kier molecular flexibility index (Phi) is 7.11. The number of carbonyl (C=O) groups excluding carboxylic acids is 3. The first-order chi connectivity index (χ1) is 10.8. The smallest absolute Gasteiger partial charge is 0.408 e. The lowest BCUT2D eigenvalue weighted by Crippen LogP contribution is -2.40. The Balaban J connectivity index is 2.06. The first kappa shape index (κ1) is 18.5. The molecule has 0 saturated heterocycles. The monoisotopic (exact) mass is 325 g/mol. The quantitative estimate of drug-likeness (QED) is 0.649. The van der Waals surface area contributed by atoms with Crippen LogP contribution in [0.3, 0.4) is 0 Å². The minimum Gasteiger partial charge on any atom is -0.459 e. The molecule has 0 aliphatic heterocycles. The van der Waals surface area contributed by atoms with Crippen LogP contribution in [0, 0.1) is 0 Å². The van der Waals surface area contributed by atoms with Gasteiger partial charge in [0.05, 0.1) is 12.8 Å². The van der Waals surface area contributed by atoms with Crippen molar-refractivity contribution < 1.29 is 23.5 Å². The highest BCUT2D eigenvalue weighted by atomic mass is 16.6. The van der Waals surface area contributed by atoms with Crippen molar-refractivity contribution in [1.82, 2.24) is 16.0 Å². The fraction of sp³-hybridized carbons (Fsp3) is 0.533. The van der Waals surface area contributed by atoms with Gasteiger partial charge in [0.1, 0.15) is 5.60 Å². The van der Waals surface area contributed by atoms with E-state index in [2.05, 4.69) is 16.0 Å². The van der Waals surface area contributed by atoms with Crippen molar-refractivity contribution in [3.8, 4) is 0 Å². The van der Waals surface area contributed by atoms with Crippen molar-refractivity contribution in [2.24, 2.45) is 0 Å². The summed E-state index contributed by atoms with van der Waals surface area (Å²) in [5.74, 6) is -0.378. The number of amides is 3. The SMILES string of the molecule is CC(C)(C)OC(=O)NCC(=O)NCCCNC(=O)c1ccco1. The number of hydrogen-bond acceptors (Lipinski definition) is 5. The molecular formula is C15H23N3O5. The van der Waals surface area contributed by atoms with E-state index in [0.717, 1.165) is 0 Å². The van der Waals surface area contributed by atoms with Crippen LogP contribution in [0.4, 0.5) is 4.79 Å². The molecule has 0 bridgehead atoms. The Morgan fingerprint density at radius 1 is 1.13 bits per heavy atom. The summed E-state index contributed by atoms with van der Waals surface area (Å²) in [7, 11) is 0. The molecule has 1 heterocycles. The molecular weight excluding hydrogens is 302 g/mol. The van der Waals surface area contributed by atoms with Gasteiger partial charge < -0.3 is 25.1 Å². The van der Waals surface area contributed by atoms with Gasteiger partial charge >= 0.3 is 6.09 Å². The summed E-state index contributed by atoms with van der Waals surface area (Å²) in [4.78, 5) is 34.4. The molecule has 8 heteroatoms. The van der Waals surface area contributed by atoms with Gasteiger partial charge in [-0.25, -0.2) is 4.79 Å². The molecule has 0 spiro atoms. The lowest BCUT2D eigenvalue weighted by Gasteiger charge is -2.19. The van der Waals surface area contributed by atoms with E-state index in [-0.39, 0.29) is 24.1 Å². The Morgan fingerprint density at radius 3 is 2.43 bits per heavy atom. The first-order valence-electron chi connectivity index (χ1n) is 7.33. The van der Waals surface area contributed by atoms with Crippen molar-refractivity contribution in [2.45, 2.75) is 32.8 Å². The lowest BCUT2D eigenvalue weighted by atomic mass is 10.2. The highest BCUT2D eigenvalue weighted by molar-refractivity contribution is 5.91. The number of alkyl carbamates (subject to hydrolysis) is 1. The minimum atomic E-state index is -0.640. The Bertz CT molecular complexity index is 520. The summed E-state index contributed by atoms with van der Waals surface area (Å²) in [6, 6.07) is 3.20. The standard InChI is InChI=1S/C15H23N3O5/c1-15(2,3)23-14(21)18-10-12(19)16-7-5-8-17-13(20)11-6-4-9-22-11/h4,6,9H,5,7-8,10H2,1-3H3,(H,16,19)(H,17,20)(H,18,21). The molecule has 0 unspecified atom stereocenters. The third-order valence-corrected chi connectivity index (χ3v) is 2.50. The van der Waals surface area contributed by atoms with Crippen LogP contribution in [0.2, 0.25) is 0 Å². The van der Waals surface area contributed by atoms with E-state index in [1.54, 1.807) is 32.9 Å². The first-order valence-corrected chi connectivity index (χ1v) is 7.33. The van der Waals surface area contributed by atoms with Crippen molar-refractivity contribution in [1.29, 1.82) is 0 Å². The Labute approximate surface area is 134 Å². The number of carbonyl (C=O) groups is 3. The lowest BCUT2D eigenvalue weighted by molar-refractivity contribution is -0.120. The summed E-state index contributed by atoms with van der Waals surface area (Å²) in [5.41, 5.74) is -0.604. The molecule has 0 radical (unpaired) electrons. The Hall–Kier alpha value is -2.51. The molecule has 1 aromatic rings. The van der Waals surface area contributed by atoms with Crippen LogP contribution >= 0.6 is 0 Å². The van der Waals surface area contributed by atoms with E-state index >= 15 is 0 Å². The number of hydrogen-bond donors (Lipinski definition) is 3. The summed E-state index contributed by atoms with van der Waals surface area (Å²) < 4.78 is 9.95. The zero-order chi connectivity index (χ0) is 17.3. The molecule has 0 aliphatic carbocycles. The van der Waals surface area contributed by atoms with E-state index in [4.69, 9.17) is 9.15 Å². The molecule has 0 saturated carbocycles. The second-order valence-electron chi connectivity index (χ2n) is 5.79. The van der Waals surface area contributed by atoms with Crippen LogP contribution in [0.5, 0.6) is 0 Å². The highest BCUT2D eigenvalue weighted by Gasteiger charge is 2.16. The molecule has 0 aromatic carbocycles. The molecule has 8 nitrogen and oxygen atoms in total. The molecule has 0 fully saturated rings. The maximum atomic E-state index is 11.5. The van der Waals surface area contributed by atoms with Gasteiger partial charge in [0.2, 0.25) is 5.91 Å². The maximum absolute atomic E-state index is 11.5. The number of rotatable bonds is 7. The molecule has 23 heavy (non-hydrogen) atoms. The number of ether oxygens (including phenoxy) is 1. The predicted octanol–water partition coefficient (Wildman–Crippen LogP) is 1.04. The van der Waals surface area contributed by atoms with Gasteiger partial charge in [0.15, 0.2) is 5.76 Å². The number of furan rings is 1. The fourth-order valence-electron chi connectivity index (χ4n) is 1.54. The normalized spacial score (nSPS) is 10.7. The topological polar surface area (TPSA) is 110 Å². The second-order valence-corrected chi connectivity index (χ2v) is 5.79. The third-order valence-electron chi connectivity index (χ3n) is 2.50. The van der Waals surface area contributed by atoms with E-state index in [9.17, 15) is 14.4 Å².